The van der Waals surface area contributed by atoms with Gasteiger partial charge in [0, 0.05) is 12.1 Å². The highest BCUT2D eigenvalue weighted by molar-refractivity contribution is 5.85. The van der Waals surface area contributed by atoms with E-state index in [0.717, 1.165) is 11.1 Å². The number of carbonyl (C=O) groups excluding carboxylic acids is 1. The van der Waals surface area contributed by atoms with E-state index in [1.807, 2.05) is 24.3 Å². The molecule has 0 aliphatic heterocycles. The lowest BCUT2D eigenvalue weighted by molar-refractivity contribution is 0.0512. The van der Waals surface area contributed by atoms with Crippen molar-refractivity contribution in [1.29, 1.82) is 0 Å². The van der Waals surface area contributed by atoms with Gasteiger partial charge in [-0.1, -0.05) is 18.2 Å². The molecule has 0 bridgehead atoms. The van der Waals surface area contributed by atoms with Gasteiger partial charge in [-0.15, -0.1) is 12.4 Å². The van der Waals surface area contributed by atoms with Crippen LogP contribution in [0.5, 0.6) is 0 Å². The lowest BCUT2D eigenvalue weighted by Crippen LogP contribution is -2.06. The molecule has 1 heterocycles. The zero-order valence-electron chi connectivity index (χ0n) is 10.4. The Kier molecular flexibility index (Phi) is 5.47. The number of H-pyrrole nitrogens is 1. The first-order valence-corrected chi connectivity index (χ1v) is 5.63. The molecule has 1 aromatic heterocycles. The lowest BCUT2D eigenvalue weighted by atomic mass is 10.1. The zero-order chi connectivity index (χ0) is 13.0. The van der Waals surface area contributed by atoms with Crippen molar-refractivity contribution in [3.63, 3.8) is 0 Å². The molecule has 0 atom stereocenters. The van der Waals surface area contributed by atoms with Crippen LogP contribution in [0.2, 0.25) is 0 Å². The van der Waals surface area contributed by atoms with E-state index in [1.165, 1.54) is 0 Å². The number of nitrogens with one attached hydrogen (secondary N) is 1. The number of hydrogen-bond acceptors (Lipinski definition) is 5. The average Bonchev–Trinajstić information content (AvgIpc) is 2.89. The molecule has 2 aromatic rings. The number of aromatic amines is 1. The van der Waals surface area contributed by atoms with Gasteiger partial charge in [-0.05, 0) is 18.6 Å². The second-order valence-corrected chi connectivity index (χ2v) is 3.63. The summed E-state index contributed by atoms with van der Waals surface area (Å²) >= 11 is 0. The highest BCUT2D eigenvalue weighted by Gasteiger charge is 2.13. The van der Waals surface area contributed by atoms with Crippen molar-refractivity contribution in [2.75, 3.05) is 6.61 Å². The van der Waals surface area contributed by atoms with E-state index >= 15 is 0 Å². The van der Waals surface area contributed by atoms with Crippen LogP contribution < -0.4 is 5.73 Å². The molecule has 0 saturated heterocycles. The Morgan fingerprint density at radius 2 is 2.26 bits per heavy atom. The average molecular weight is 283 g/mol. The van der Waals surface area contributed by atoms with Gasteiger partial charge >= 0.3 is 5.97 Å². The number of halogens is 1. The Morgan fingerprint density at radius 3 is 2.95 bits per heavy atom. The monoisotopic (exact) mass is 282 g/mol. The molecule has 3 N–H and O–H groups in total. The van der Waals surface area contributed by atoms with E-state index in [9.17, 15) is 4.79 Å². The second-order valence-electron chi connectivity index (χ2n) is 3.63. The van der Waals surface area contributed by atoms with Crippen molar-refractivity contribution in [3.8, 4) is 11.4 Å². The van der Waals surface area contributed by atoms with Crippen LogP contribution >= 0.6 is 12.4 Å². The number of nitrogens with two attached hydrogens (primary N) is 1. The van der Waals surface area contributed by atoms with Crippen molar-refractivity contribution < 1.29 is 9.53 Å². The highest BCUT2D eigenvalue weighted by Crippen LogP contribution is 2.16. The smallest absolute Gasteiger partial charge is 0.375 e. The standard InChI is InChI=1S/C12H14N4O2.ClH/c1-2-18-12(17)11-14-10(15-16-11)9-5-3-4-8(6-9)7-13;/h3-6H,2,7,13H2,1H3,(H,14,15,16);1H. The number of esters is 1. The van der Waals surface area contributed by atoms with Crippen molar-refractivity contribution in [2.24, 2.45) is 5.73 Å². The Hall–Kier alpha value is -1.92. The summed E-state index contributed by atoms with van der Waals surface area (Å²) in [6, 6.07) is 7.54. The largest absolute Gasteiger partial charge is 0.460 e. The fraction of sp³-hybridized carbons (Fsp3) is 0.250. The van der Waals surface area contributed by atoms with Gasteiger partial charge in [0.25, 0.3) is 0 Å². The lowest BCUT2D eigenvalue weighted by Gasteiger charge is -1.99. The first-order chi connectivity index (χ1) is 8.74. The minimum Gasteiger partial charge on any atom is -0.460 e. The van der Waals surface area contributed by atoms with Crippen LogP contribution in [0, 0.1) is 0 Å². The van der Waals surface area contributed by atoms with Crippen LogP contribution in [0.15, 0.2) is 24.3 Å². The molecule has 2 rings (SSSR count). The number of rotatable bonds is 4. The fourth-order valence-electron chi connectivity index (χ4n) is 1.52. The van der Waals surface area contributed by atoms with E-state index in [2.05, 4.69) is 15.2 Å². The molecular formula is C12H15ClN4O2. The maximum Gasteiger partial charge on any atom is 0.375 e. The molecule has 0 amide bonds. The van der Waals surface area contributed by atoms with Crippen LogP contribution in [0.1, 0.15) is 23.1 Å². The maximum absolute atomic E-state index is 11.4. The predicted octanol–water partition coefficient (Wildman–Crippen LogP) is 1.53. The van der Waals surface area contributed by atoms with Gasteiger partial charge < -0.3 is 10.5 Å². The molecule has 0 saturated carbocycles. The third-order valence-corrected chi connectivity index (χ3v) is 2.38. The molecular weight excluding hydrogens is 268 g/mol. The van der Waals surface area contributed by atoms with E-state index in [-0.39, 0.29) is 18.2 Å². The van der Waals surface area contributed by atoms with Gasteiger partial charge in [-0.2, -0.15) is 5.10 Å². The molecule has 19 heavy (non-hydrogen) atoms. The molecule has 0 spiro atoms. The van der Waals surface area contributed by atoms with Gasteiger partial charge in [-0.25, -0.2) is 9.78 Å². The summed E-state index contributed by atoms with van der Waals surface area (Å²) in [7, 11) is 0. The topological polar surface area (TPSA) is 93.9 Å². The zero-order valence-corrected chi connectivity index (χ0v) is 11.2. The van der Waals surface area contributed by atoms with E-state index in [1.54, 1.807) is 6.92 Å². The Morgan fingerprint density at radius 1 is 1.47 bits per heavy atom. The van der Waals surface area contributed by atoms with E-state index < -0.39 is 5.97 Å². The van der Waals surface area contributed by atoms with Gasteiger partial charge in [-0.3, -0.25) is 5.10 Å². The van der Waals surface area contributed by atoms with Crippen molar-refractivity contribution in [1.82, 2.24) is 15.2 Å². The molecule has 0 aliphatic rings. The van der Waals surface area contributed by atoms with Crippen molar-refractivity contribution in [2.45, 2.75) is 13.5 Å². The molecule has 0 fully saturated rings. The molecule has 102 valence electrons. The minimum absolute atomic E-state index is 0. The first kappa shape index (κ1) is 15.1. The number of hydrogen-bond donors (Lipinski definition) is 2. The molecule has 1 aromatic carbocycles. The maximum atomic E-state index is 11.4. The summed E-state index contributed by atoms with van der Waals surface area (Å²) in [6.07, 6.45) is 0. The highest BCUT2D eigenvalue weighted by atomic mass is 35.5. The van der Waals surface area contributed by atoms with Crippen LogP contribution in [0.4, 0.5) is 0 Å². The van der Waals surface area contributed by atoms with Gasteiger partial charge in [0.05, 0.1) is 6.61 Å². The summed E-state index contributed by atoms with van der Waals surface area (Å²) in [6.45, 7) is 2.49. The van der Waals surface area contributed by atoms with Crippen LogP contribution in [0.3, 0.4) is 0 Å². The number of carbonyl (C=O) groups is 1. The van der Waals surface area contributed by atoms with Gasteiger partial charge in [0.2, 0.25) is 5.82 Å². The van der Waals surface area contributed by atoms with Crippen LogP contribution in [0.25, 0.3) is 11.4 Å². The van der Waals surface area contributed by atoms with E-state index in [4.69, 9.17) is 10.5 Å². The Bertz CT molecular complexity index is 556. The molecule has 6 nitrogen and oxygen atoms in total. The van der Waals surface area contributed by atoms with Gasteiger partial charge in [0.15, 0.2) is 5.82 Å². The third kappa shape index (κ3) is 3.52. The quantitative estimate of drug-likeness (QED) is 0.830. The fourth-order valence-corrected chi connectivity index (χ4v) is 1.52. The molecule has 0 radical (unpaired) electrons. The normalized spacial score (nSPS) is 9.79. The molecule has 0 aliphatic carbocycles. The first-order valence-electron chi connectivity index (χ1n) is 5.63. The number of aromatic nitrogens is 3. The Labute approximate surface area is 116 Å². The predicted molar refractivity (Wildman–Crippen MR) is 72.9 cm³/mol. The second kappa shape index (κ2) is 6.86. The van der Waals surface area contributed by atoms with E-state index in [0.29, 0.717) is 19.0 Å². The molecule has 7 heteroatoms. The van der Waals surface area contributed by atoms with Crippen LogP contribution in [-0.4, -0.2) is 27.8 Å². The van der Waals surface area contributed by atoms with Crippen molar-refractivity contribution >= 4 is 18.4 Å². The number of benzene rings is 1. The van der Waals surface area contributed by atoms with Crippen molar-refractivity contribution in [3.05, 3.63) is 35.7 Å². The minimum atomic E-state index is -0.508. The summed E-state index contributed by atoms with van der Waals surface area (Å²) in [5, 5.41) is 6.55. The molecule has 0 unspecified atom stereocenters. The number of nitrogens with zero attached hydrogens (tertiary/aromatic N) is 2. The summed E-state index contributed by atoms with van der Waals surface area (Å²) in [4.78, 5) is 15.5. The SMILES string of the molecule is CCOC(=O)c1nc(-c2cccc(CN)c2)n[nH]1.Cl. The Balaban J connectivity index is 0.00000180. The summed E-state index contributed by atoms with van der Waals surface area (Å²) in [5.41, 5.74) is 7.36. The van der Waals surface area contributed by atoms with Gasteiger partial charge in [0.1, 0.15) is 0 Å². The summed E-state index contributed by atoms with van der Waals surface area (Å²) < 4.78 is 4.83. The third-order valence-electron chi connectivity index (χ3n) is 2.38. The number of ether oxygens (including phenoxy) is 1. The summed E-state index contributed by atoms with van der Waals surface area (Å²) in [5.74, 6) is 0.0459. The van der Waals surface area contributed by atoms with Crippen LogP contribution in [-0.2, 0) is 11.3 Å².